The summed E-state index contributed by atoms with van der Waals surface area (Å²) in [5, 5.41) is 4.95. The number of nitrogens with one attached hydrogen (secondary N) is 1. The number of halogens is 1. The highest BCUT2D eigenvalue weighted by atomic mass is 79.9. The summed E-state index contributed by atoms with van der Waals surface area (Å²) in [6.45, 7) is 6.00. The van der Waals surface area contributed by atoms with Crippen LogP contribution in [0.4, 0.5) is 5.69 Å². The molecule has 0 atom stereocenters. The second-order valence-corrected chi connectivity index (χ2v) is 7.11. The third-order valence-electron chi connectivity index (χ3n) is 4.15. The van der Waals surface area contributed by atoms with E-state index in [0.29, 0.717) is 17.2 Å². The molecule has 6 heteroatoms. The molecule has 0 bridgehead atoms. The van der Waals surface area contributed by atoms with Gasteiger partial charge in [-0.2, -0.15) is 0 Å². The molecule has 5 nitrogen and oxygen atoms in total. The number of ether oxygens (including phenoxy) is 1. The van der Waals surface area contributed by atoms with Crippen LogP contribution in [0.15, 0.2) is 79.1 Å². The third-order valence-corrected chi connectivity index (χ3v) is 4.65. The van der Waals surface area contributed by atoms with Crippen LogP contribution in [0.2, 0.25) is 0 Å². The number of benzene rings is 2. The van der Waals surface area contributed by atoms with Crippen LogP contribution in [-0.2, 0) is 11.3 Å². The lowest BCUT2D eigenvalue weighted by Gasteiger charge is -2.11. The Morgan fingerprint density at radius 2 is 1.96 bits per heavy atom. The summed E-state index contributed by atoms with van der Waals surface area (Å²) in [4.78, 5) is 11.5. The van der Waals surface area contributed by atoms with Crippen LogP contribution in [-0.4, -0.2) is 0 Å². The summed E-state index contributed by atoms with van der Waals surface area (Å²) >= 11 is 3.44. The van der Waals surface area contributed by atoms with Crippen LogP contribution in [0.5, 0.6) is 0 Å². The molecule has 0 aliphatic rings. The van der Waals surface area contributed by atoms with Gasteiger partial charge in [-0.05, 0) is 55.5 Å². The normalized spacial score (nSPS) is 11.0. The van der Waals surface area contributed by atoms with E-state index in [2.05, 4.69) is 27.8 Å². The van der Waals surface area contributed by atoms with Crippen molar-refractivity contribution in [2.75, 3.05) is 5.32 Å². The molecule has 2 heterocycles. The average Bonchev–Trinajstić information content (AvgIpc) is 3.01. The van der Waals surface area contributed by atoms with E-state index in [9.17, 15) is 4.79 Å². The molecule has 2 aromatic carbocycles. The van der Waals surface area contributed by atoms with E-state index in [1.54, 1.807) is 6.07 Å². The van der Waals surface area contributed by atoms with Crippen molar-refractivity contribution in [2.24, 2.45) is 0 Å². The average molecular weight is 426 g/mol. The van der Waals surface area contributed by atoms with Gasteiger partial charge in [0, 0.05) is 33.1 Å². The molecule has 0 aliphatic carbocycles. The largest absolute Gasteiger partial charge is 0.471 e. The number of rotatable bonds is 5. The standard InChI is InChI=1S/C21H16BrNO4/c1-12-7-21(24)27-20-10-16(4-5-18(12)20)23-13(2)25-11-17-9-14-8-15(22)3-6-19(14)26-17/h3-10,23H,2,11H2,1H3. The van der Waals surface area contributed by atoms with Gasteiger partial charge in [0.05, 0.1) is 0 Å². The molecule has 0 radical (unpaired) electrons. The highest BCUT2D eigenvalue weighted by molar-refractivity contribution is 9.10. The van der Waals surface area contributed by atoms with Crippen molar-refractivity contribution in [2.45, 2.75) is 13.5 Å². The van der Waals surface area contributed by atoms with E-state index < -0.39 is 0 Å². The van der Waals surface area contributed by atoms with Crippen molar-refractivity contribution >= 4 is 43.6 Å². The van der Waals surface area contributed by atoms with Gasteiger partial charge in [0.2, 0.25) is 0 Å². The molecule has 0 saturated heterocycles. The second-order valence-electron chi connectivity index (χ2n) is 6.19. The minimum absolute atomic E-state index is 0.250. The Morgan fingerprint density at radius 1 is 1.11 bits per heavy atom. The highest BCUT2D eigenvalue weighted by Gasteiger charge is 2.07. The summed E-state index contributed by atoms with van der Waals surface area (Å²) in [5.41, 5.74) is 2.54. The van der Waals surface area contributed by atoms with Gasteiger partial charge in [0.1, 0.15) is 23.5 Å². The van der Waals surface area contributed by atoms with E-state index in [4.69, 9.17) is 13.6 Å². The SMILES string of the molecule is C=C(Nc1ccc2c(C)cc(=O)oc2c1)OCc1cc2cc(Br)ccc2o1. The first-order valence-corrected chi connectivity index (χ1v) is 9.08. The Bertz CT molecular complexity index is 1220. The molecule has 0 amide bonds. The van der Waals surface area contributed by atoms with Crippen molar-refractivity contribution in [1.29, 1.82) is 0 Å². The molecule has 4 rings (SSSR count). The lowest BCUT2D eigenvalue weighted by atomic mass is 10.1. The maximum absolute atomic E-state index is 11.5. The first-order chi connectivity index (χ1) is 13.0. The zero-order valence-electron chi connectivity index (χ0n) is 14.5. The predicted molar refractivity (Wildman–Crippen MR) is 109 cm³/mol. The lowest BCUT2D eigenvalue weighted by Crippen LogP contribution is -2.03. The fraction of sp³-hybridized carbons (Fsp3) is 0.0952. The van der Waals surface area contributed by atoms with Crippen molar-refractivity contribution < 1.29 is 13.6 Å². The van der Waals surface area contributed by atoms with Gasteiger partial charge < -0.3 is 18.9 Å². The van der Waals surface area contributed by atoms with Gasteiger partial charge in [-0.3, -0.25) is 0 Å². The topological polar surface area (TPSA) is 64.6 Å². The van der Waals surface area contributed by atoms with Crippen molar-refractivity contribution in [3.8, 4) is 0 Å². The van der Waals surface area contributed by atoms with Crippen molar-refractivity contribution in [3.63, 3.8) is 0 Å². The summed E-state index contributed by atoms with van der Waals surface area (Å²) in [6.07, 6.45) is 0. The quantitative estimate of drug-likeness (QED) is 0.327. The number of anilines is 1. The number of hydrogen-bond donors (Lipinski definition) is 1. The molecule has 27 heavy (non-hydrogen) atoms. The van der Waals surface area contributed by atoms with Crippen LogP contribution in [0.1, 0.15) is 11.3 Å². The zero-order valence-corrected chi connectivity index (χ0v) is 16.1. The fourth-order valence-electron chi connectivity index (χ4n) is 2.90. The number of aryl methyl sites for hydroxylation is 1. The lowest BCUT2D eigenvalue weighted by molar-refractivity contribution is 0.185. The van der Waals surface area contributed by atoms with Crippen LogP contribution in [0.3, 0.4) is 0 Å². The summed E-state index contributed by atoms with van der Waals surface area (Å²) in [7, 11) is 0. The molecule has 0 aliphatic heterocycles. The molecular weight excluding hydrogens is 410 g/mol. The molecule has 0 fully saturated rings. The first kappa shape index (κ1) is 17.4. The van der Waals surface area contributed by atoms with Gasteiger partial charge in [0.25, 0.3) is 0 Å². The van der Waals surface area contributed by atoms with E-state index in [0.717, 1.165) is 32.1 Å². The van der Waals surface area contributed by atoms with Crippen molar-refractivity contribution in [3.05, 3.63) is 87.2 Å². The smallest absolute Gasteiger partial charge is 0.336 e. The Kier molecular flexibility index (Phi) is 4.49. The number of fused-ring (bicyclic) bond motifs is 2. The molecule has 1 N–H and O–H groups in total. The monoisotopic (exact) mass is 425 g/mol. The van der Waals surface area contributed by atoms with Gasteiger partial charge in [0.15, 0.2) is 5.88 Å². The predicted octanol–water partition coefficient (Wildman–Crippen LogP) is 5.71. The Hall–Kier alpha value is -2.99. The summed E-state index contributed by atoms with van der Waals surface area (Å²) < 4.78 is 17.6. The number of furan rings is 1. The molecule has 136 valence electrons. The Labute approximate surface area is 163 Å². The molecule has 0 saturated carbocycles. The maximum atomic E-state index is 11.5. The molecule has 2 aromatic heterocycles. The fourth-order valence-corrected chi connectivity index (χ4v) is 3.28. The van der Waals surface area contributed by atoms with Crippen molar-refractivity contribution in [1.82, 2.24) is 0 Å². The Morgan fingerprint density at radius 3 is 2.81 bits per heavy atom. The van der Waals surface area contributed by atoms with Gasteiger partial charge >= 0.3 is 5.63 Å². The maximum Gasteiger partial charge on any atom is 0.336 e. The molecular formula is C21H16BrNO4. The van der Waals surface area contributed by atoms with Crippen LogP contribution >= 0.6 is 15.9 Å². The minimum Gasteiger partial charge on any atom is -0.471 e. The Balaban J connectivity index is 1.45. The second kappa shape index (κ2) is 6.96. The van der Waals surface area contributed by atoms with E-state index >= 15 is 0 Å². The zero-order chi connectivity index (χ0) is 19.0. The summed E-state index contributed by atoms with van der Waals surface area (Å²) in [5.74, 6) is 1.07. The van der Waals surface area contributed by atoms with Crippen LogP contribution < -0.4 is 10.9 Å². The third kappa shape index (κ3) is 3.75. The van der Waals surface area contributed by atoms with Crippen LogP contribution in [0.25, 0.3) is 21.9 Å². The number of hydrogen-bond acceptors (Lipinski definition) is 5. The molecule has 0 spiro atoms. The summed E-state index contributed by atoms with van der Waals surface area (Å²) in [6, 6.07) is 14.7. The van der Waals surface area contributed by atoms with Gasteiger partial charge in [-0.1, -0.05) is 15.9 Å². The van der Waals surface area contributed by atoms with Gasteiger partial charge in [-0.15, -0.1) is 0 Å². The van der Waals surface area contributed by atoms with E-state index in [-0.39, 0.29) is 12.2 Å². The van der Waals surface area contributed by atoms with E-state index in [1.807, 2.05) is 43.3 Å². The molecule has 4 aromatic rings. The van der Waals surface area contributed by atoms with Crippen LogP contribution in [0, 0.1) is 6.92 Å². The van der Waals surface area contributed by atoms with Gasteiger partial charge in [-0.25, -0.2) is 4.79 Å². The highest BCUT2D eigenvalue weighted by Crippen LogP contribution is 2.25. The minimum atomic E-state index is -0.372. The first-order valence-electron chi connectivity index (χ1n) is 8.29. The van der Waals surface area contributed by atoms with E-state index in [1.165, 1.54) is 6.07 Å². The molecule has 0 unspecified atom stereocenters.